The summed E-state index contributed by atoms with van der Waals surface area (Å²) in [6.07, 6.45) is 0. The summed E-state index contributed by atoms with van der Waals surface area (Å²) in [7, 11) is 0. The number of hydrogen-bond donors (Lipinski definition) is 0. The van der Waals surface area contributed by atoms with Gasteiger partial charge in [0.15, 0.2) is 17.5 Å². The lowest BCUT2D eigenvalue weighted by molar-refractivity contribution is 0.669. The van der Waals surface area contributed by atoms with Crippen LogP contribution < -0.4 is 0 Å². The molecule has 7 aromatic carbocycles. The van der Waals surface area contributed by atoms with Crippen molar-refractivity contribution >= 4 is 32.7 Å². The van der Waals surface area contributed by atoms with Crippen LogP contribution in [0.1, 0.15) is 6.85 Å². The summed E-state index contributed by atoms with van der Waals surface area (Å²) in [6, 6.07) is 42.0. The van der Waals surface area contributed by atoms with Crippen molar-refractivity contribution in [2.45, 2.75) is 0 Å². The molecule has 0 spiro atoms. The normalized spacial score (nSPS) is 12.9. The monoisotopic (exact) mass is 606 g/mol. The molecule has 0 N–H and O–H groups in total. The Labute approximate surface area is 278 Å². The lowest BCUT2D eigenvalue weighted by Gasteiger charge is -2.12. The van der Waals surface area contributed by atoms with Gasteiger partial charge < -0.3 is 4.42 Å². The van der Waals surface area contributed by atoms with Gasteiger partial charge >= 0.3 is 0 Å². The van der Waals surface area contributed by atoms with Crippen LogP contribution in [0.2, 0.25) is 0 Å². The molecule has 2 aromatic heterocycles. The van der Waals surface area contributed by atoms with E-state index in [0.29, 0.717) is 22.5 Å². The fraction of sp³-hybridized carbons (Fsp3) is 0. The number of furan rings is 1. The Morgan fingerprint density at radius 1 is 0.383 bits per heavy atom. The number of hydrogen-bond acceptors (Lipinski definition) is 4. The van der Waals surface area contributed by atoms with Gasteiger partial charge in [0, 0.05) is 27.5 Å². The zero-order valence-electron chi connectivity index (χ0n) is 30.0. The van der Waals surface area contributed by atoms with Gasteiger partial charge in [0.25, 0.3) is 0 Å². The van der Waals surface area contributed by atoms with E-state index in [4.69, 9.17) is 26.2 Å². The third-order valence-electron chi connectivity index (χ3n) is 8.36. The second-order valence-electron chi connectivity index (χ2n) is 11.3. The maximum Gasteiger partial charge on any atom is 0.164 e. The quantitative estimate of drug-likeness (QED) is 0.196. The van der Waals surface area contributed by atoms with E-state index >= 15 is 0 Å². The molecule has 0 unspecified atom stereocenters. The van der Waals surface area contributed by atoms with Gasteiger partial charge in [0.2, 0.25) is 0 Å². The number of benzene rings is 7. The van der Waals surface area contributed by atoms with Crippen molar-refractivity contribution in [3.63, 3.8) is 0 Å². The SMILES string of the molecule is [2H]c1c([2H])c([2H])c(-c2nc(-c3cc(-c4ccccc4)cc(-c4ccccc4)c3)nc(-c3ccc4oc5cc6ccccc6cc5c4c3)n2)c([2H])c1[2H]. The van der Waals surface area contributed by atoms with Crippen molar-refractivity contribution in [3.8, 4) is 56.4 Å². The van der Waals surface area contributed by atoms with Gasteiger partial charge in [-0.3, -0.25) is 0 Å². The molecule has 9 aromatic rings. The zero-order chi connectivity index (χ0) is 35.5. The molecule has 0 aliphatic heterocycles. The van der Waals surface area contributed by atoms with Crippen molar-refractivity contribution in [1.82, 2.24) is 15.0 Å². The molecular formula is C43H27N3O. The van der Waals surface area contributed by atoms with E-state index in [1.54, 1.807) is 0 Å². The molecule has 0 aliphatic carbocycles. The van der Waals surface area contributed by atoms with E-state index in [0.717, 1.165) is 49.4 Å². The first-order valence-corrected chi connectivity index (χ1v) is 15.3. The lowest BCUT2D eigenvalue weighted by Crippen LogP contribution is -2.00. The molecule has 2 heterocycles. The Balaban J connectivity index is 1.31. The summed E-state index contributed by atoms with van der Waals surface area (Å²) in [5.74, 6) is 0.562. The van der Waals surface area contributed by atoms with Gasteiger partial charge in [-0.15, -0.1) is 0 Å². The molecule has 4 heteroatoms. The Morgan fingerprint density at radius 2 is 0.915 bits per heavy atom. The highest BCUT2D eigenvalue weighted by Gasteiger charge is 2.16. The maximum atomic E-state index is 8.77. The smallest absolute Gasteiger partial charge is 0.164 e. The van der Waals surface area contributed by atoms with Crippen LogP contribution in [-0.4, -0.2) is 15.0 Å². The summed E-state index contributed by atoms with van der Waals surface area (Å²) >= 11 is 0. The average molecular weight is 607 g/mol. The second-order valence-corrected chi connectivity index (χ2v) is 11.3. The van der Waals surface area contributed by atoms with Crippen molar-refractivity contribution in [2.75, 3.05) is 0 Å². The molecule has 220 valence electrons. The van der Waals surface area contributed by atoms with Crippen LogP contribution in [0, 0.1) is 0 Å². The minimum absolute atomic E-state index is 0.0217. The fourth-order valence-corrected chi connectivity index (χ4v) is 6.06. The zero-order valence-corrected chi connectivity index (χ0v) is 25.0. The van der Waals surface area contributed by atoms with Crippen LogP contribution in [0.25, 0.3) is 89.1 Å². The molecule has 0 saturated heterocycles. The molecule has 0 fully saturated rings. The van der Waals surface area contributed by atoms with Gasteiger partial charge in [-0.1, -0.05) is 115 Å². The molecule has 0 bridgehead atoms. The molecule has 0 radical (unpaired) electrons. The number of aromatic nitrogens is 3. The molecule has 0 amide bonds. The van der Waals surface area contributed by atoms with E-state index in [-0.39, 0.29) is 29.3 Å². The Bertz CT molecular complexity index is 2770. The molecule has 0 aliphatic rings. The highest BCUT2D eigenvalue weighted by atomic mass is 16.3. The standard InChI is InChI=1S/C43H27N3O/c1-4-12-28(13-5-1)34-22-35(29-14-6-2-7-15-29)24-36(23-34)43-45-41(30-16-8-3-9-17-30)44-42(46-43)33-20-21-39-37(26-33)38-25-31-18-10-11-19-32(31)27-40(38)47-39/h1-27H/i3D,8D,9D,16D,17D. The molecule has 0 atom stereocenters. The van der Waals surface area contributed by atoms with Crippen LogP contribution in [0.4, 0.5) is 0 Å². The first-order chi connectivity index (χ1) is 25.3. The van der Waals surface area contributed by atoms with Crippen LogP contribution >= 0.6 is 0 Å². The Hall–Kier alpha value is -6.39. The predicted molar refractivity (Wildman–Crippen MR) is 192 cm³/mol. The number of nitrogens with zero attached hydrogens (tertiary/aromatic N) is 3. The third-order valence-corrected chi connectivity index (χ3v) is 8.36. The van der Waals surface area contributed by atoms with Crippen LogP contribution in [-0.2, 0) is 0 Å². The molecule has 9 rings (SSSR count). The van der Waals surface area contributed by atoms with E-state index < -0.39 is 18.1 Å². The molecule has 0 saturated carbocycles. The van der Waals surface area contributed by atoms with Crippen LogP contribution in [0.3, 0.4) is 0 Å². The van der Waals surface area contributed by atoms with Crippen molar-refractivity contribution in [1.29, 1.82) is 0 Å². The predicted octanol–water partition coefficient (Wildman–Crippen LogP) is 11.3. The first-order valence-electron chi connectivity index (χ1n) is 17.8. The highest BCUT2D eigenvalue weighted by Crippen LogP contribution is 2.36. The summed E-state index contributed by atoms with van der Waals surface area (Å²) < 4.78 is 48.8. The summed E-state index contributed by atoms with van der Waals surface area (Å²) in [6.45, 7) is 0. The van der Waals surface area contributed by atoms with Gasteiger partial charge in [0.05, 0.1) is 6.85 Å². The van der Waals surface area contributed by atoms with E-state index in [9.17, 15) is 0 Å². The minimum Gasteiger partial charge on any atom is -0.456 e. The summed E-state index contributed by atoms with van der Waals surface area (Å²) in [4.78, 5) is 14.6. The second kappa shape index (κ2) is 11.2. The molecule has 4 nitrogen and oxygen atoms in total. The highest BCUT2D eigenvalue weighted by molar-refractivity contribution is 6.10. The minimum atomic E-state index is -0.485. The summed E-state index contributed by atoms with van der Waals surface area (Å²) in [5.41, 5.74) is 6.61. The lowest BCUT2D eigenvalue weighted by atomic mass is 9.96. The fourth-order valence-electron chi connectivity index (χ4n) is 6.06. The van der Waals surface area contributed by atoms with Gasteiger partial charge in [-0.25, -0.2) is 15.0 Å². The van der Waals surface area contributed by atoms with Crippen LogP contribution in [0.15, 0.2) is 168 Å². The van der Waals surface area contributed by atoms with Crippen molar-refractivity contribution in [3.05, 3.63) is 164 Å². The van der Waals surface area contributed by atoms with E-state index in [1.165, 1.54) is 0 Å². The maximum absolute atomic E-state index is 8.77. The third kappa shape index (κ3) is 5.02. The van der Waals surface area contributed by atoms with Gasteiger partial charge in [-0.2, -0.15) is 0 Å². The van der Waals surface area contributed by atoms with Gasteiger partial charge in [0.1, 0.15) is 11.2 Å². The Morgan fingerprint density at radius 3 is 1.57 bits per heavy atom. The largest absolute Gasteiger partial charge is 0.456 e. The average Bonchev–Trinajstić information content (AvgIpc) is 3.55. The number of rotatable bonds is 5. The summed E-state index contributed by atoms with van der Waals surface area (Å²) in [5, 5.41) is 3.98. The van der Waals surface area contributed by atoms with E-state index in [1.807, 2.05) is 109 Å². The van der Waals surface area contributed by atoms with Crippen molar-refractivity contribution in [2.24, 2.45) is 0 Å². The molecule has 47 heavy (non-hydrogen) atoms. The van der Waals surface area contributed by atoms with E-state index in [2.05, 4.69) is 24.3 Å². The first kappa shape index (κ1) is 22.2. The Kier molecular flexibility index (Phi) is 5.28. The van der Waals surface area contributed by atoms with Crippen LogP contribution in [0.5, 0.6) is 0 Å². The van der Waals surface area contributed by atoms with Gasteiger partial charge in [-0.05, 0) is 81.6 Å². The van der Waals surface area contributed by atoms with Crippen molar-refractivity contribution < 1.29 is 11.3 Å². The molecular weight excluding hydrogens is 574 g/mol. The topological polar surface area (TPSA) is 51.8 Å². The number of fused-ring (bicyclic) bond motifs is 4.